The second kappa shape index (κ2) is 9.27. The summed E-state index contributed by atoms with van der Waals surface area (Å²) >= 11 is 0. The van der Waals surface area contributed by atoms with E-state index in [2.05, 4.69) is 34.1 Å². The minimum absolute atomic E-state index is 0.0169. The minimum Gasteiger partial charge on any atom is -0.381 e. The van der Waals surface area contributed by atoms with E-state index in [4.69, 9.17) is 10.5 Å². The number of benzene rings is 1. The van der Waals surface area contributed by atoms with Crippen molar-refractivity contribution < 1.29 is 14.3 Å². The van der Waals surface area contributed by atoms with Gasteiger partial charge < -0.3 is 19.9 Å². The average Bonchev–Trinajstić information content (AvgIpc) is 3.49. The smallest absolute Gasteiger partial charge is 0.227 e. The predicted molar refractivity (Wildman–Crippen MR) is 123 cm³/mol. The topological polar surface area (TPSA) is 93.7 Å². The maximum Gasteiger partial charge on any atom is 0.227 e. The van der Waals surface area contributed by atoms with Crippen LogP contribution in [0.3, 0.4) is 0 Å². The van der Waals surface area contributed by atoms with Gasteiger partial charge in [0.05, 0.1) is 12.2 Å². The molecule has 3 fully saturated rings. The first-order valence-electron chi connectivity index (χ1n) is 12.0. The highest BCUT2D eigenvalue weighted by atomic mass is 16.5. The van der Waals surface area contributed by atoms with Crippen LogP contribution >= 0.6 is 0 Å². The number of hydrogen-bond donors (Lipinski definition) is 1. The van der Waals surface area contributed by atoms with Gasteiger partial charge in [-0.3, -0.25) is 14.5 Å². The fourth-order valence-corrected chi connectivity index (χ4v) is 5.87. The van der Waals surface area contributed by atoms with Crippen molar-refractivity contribution >= 4 is 11.8 Å². The van der Waals surface area contributed by atoms with E-state index in [1.165, 1.54) is 5.56 Å². The van der Waals surface area contributed by atoms with Gasteiger partial charge in [-0.05, 0) is 43.4 Å². The number of nitrogens with zero attached hydrogens (tertiary/aromatic N) is 4. The van der Waals surface area contributed by atoms with Crippen LogP contribution in [0.15, 0.2) is 43.0 Å². The number of ether oxygens (including phenoxy) is 1. The van der Waals surface area contributed by atoms with E-state index in [1.807, 2.05) is 15.7 Å². The van der Waals surface area contributed by atoms with E-state index >= 15 is 0 Å². The molecule has 8 nitrogen and oxygen atoms in total. The number of amides is 2. The molecule has 0 radical (unpaired) electrons. The zero-order chi connectivity index (χ0) is 22.8. The third-order valence-electron chi connectivity index (χ3n) is 7.86. The highest BCUT2D eigenvalue weighted by Gasteiger charge is 2.51. The van der Waals surface area contributed by atoms with Crippen LogP contribution in [0, 0.1) is 17.3 Å². The number of aromatic nitrogens is 2. The van der Waals surface area contributed by atoms with Crippen LogP contribution in [0.4, 0.5) is 0 Å². The molecule has 4 heterocycles. The Hall–Kier alpha value is -2.71. The average molecular weight is 452 g/mol. The summed E-state index contributed by atoms with van der Waals surface area (Å²) in [7, 11) is 0. The highest BCUT2D eigenvalue weighted by Crippen LogP contribution is 2.45. The lowest BCUT2D eigenvalue weighted by atomic mass is 9.71. The van der Waals surface area contributed by atoms with Gasteiger partial charge in [0.15, 0.2) is 0 Å². The summed E-state index contributed by atoms with van der Waals surface area (Å²) in [5.74, 6) is -0.111. The van der Waals surface area contributed by atoms with Gasteiger partial charge in [-0.1, -0.05) is 12.1 Å². The van der Waals surface area contributed by atoms with Gasteiger partial charge in [-0.2, -0.15) is 0 Å². The van der Waals surface area contributed by atoms with E-state index in [0.29, 0.717) is 25.9 Å². The number of carbonyl (C=O) groups is 2. The molecule has 176 valence electrons. The summed E-state index contributed by atoms with van der Waals surface area (Å²) in [5, 5.41) is 0. The Kier molecular flexibility index (Phi) is 6.21. The van der Waals surface area contributed by atoms with Crippen LogP contribution < -0.4 is 5.73 Å². The molecule has 5 rings (SSSR count). The first kappa shape index (κ1) is 22.1. The van der Waals surface area contributed by atoms with Crippen LogP contribution in [0.25, 0.3) is 5.69 Å². The lowest BCUT2D eigenvalue weighted by Gasteiger charge is -2.40. The number of piperidine rings is 1. The molecular formula is C25H33N5O3. The number of imidazole rings is 1. The highest BCUT2D eigenvalue weighted by molar-refractivity contribution is 5.81. The van der Waals surface area contributed by atoms with Crippen molar-refractivity contribution in [1.82, 2.24) is 19.4 Å². The number of nitrogens with two attached hydrogens (primary N) is 1. The first-order valence-corrected chi connectivity index (χ1v) is 12.0. The molecule has 2 amide bonds. The lowest BCUT2D eigenvalue weighted by Crippen LogP contribution is -2.49. The van der Waals surface area contributed by atoms with Crippen molar-refractivity contribution in [2.75, 3.05) is 39.4 Å². The minimum atomic E-state index is -0.242. The van der Waals surface area contributed by atoms with Crippen LogP contribution in [0.5, 0.6) is 0 Å². The molecule has 3 aliphatic rings. The number of likely N-dealkylation sites (tertiary alicyclic amines) is 2. The van der Waals surface area contributed by atoms with E-state index in [9.17, 15) is 9.59 Å². The van der Waals surface area contributed by atoms with E-state index < -0.39 is 0 Å². The molecule has 1 atom stereocenters. The molecule has 2 N–H and O–H groups in total. The molecule has 3 aliphatic heterocycles. The van der Waals surface area contributed by atoms with Crippen molar-refractivity contribution in [3.05, 3.63) is 48.5 Å². The zero-order valence-electron chi connectivity index (χ0n) is 19.1. The Bertz CT molecular complexity index is 960. The Morgan fingerprint density at radius 3 is 2.48 bits per heavy atom. The van der Waals surface area contributed by atoms with Crippen molar-refractivity contribution in [3.63, 3.8) is 0 Å². The maximum absolute atomic E-state index is 13.7. The van der Waals surface area contributed by atoms with Crippen molar-refractivity contribution in [2.45, 2.75) is 32.2 Å². The van der Waals surface area contributed by atoms with E-state index in [-0.39, 0.29) is 29.1 Å². The molecule has 33 heavy (non-hydrogen) atoms. The Morgan fingerprint density at radius 2 is 1.85 bits per heavy atom. The summed E-state index contributed by atoms with van der Waals surface area (Å²) in [6, 6.07) is 8.55. The van der Waals surface area contributed by atoms with Gasteiger partial charge in [0.1, 0.15) is 0 Å². The molecule has 1 aromatic carbocycles. The quantitative estimate of drug-likeness (QED) is 0.749. The number of carbonyl (C=O) groups excluding carboxylic acids is 2. The van der Waals surface area contributed by atoms with Crippen LogP contribution in [-0.2, 0) is 20.9 Å². The molecular weight excluding hydrogens is 418 g/mol. The lowest BCUT2D eigenvalue weighted by molar-refractivity contribution is -0.143. The largest absolute Gasteiger partial charge is 0.381 e. The van der Waals surface area contributed by atoms with Crippen molar-refractivity contribution in [1.29, 1.82) is 0 Å². The van der Waals surface area contributed by atoms with Gasteiger partial charge in [0.2, 0.25) is 11.8 Å². The monoisotopic (exact) mass is 451 g/mol. The number of hydrogen-bond acceptors (Lipinski definition) is 5. The Morgan fingerprint density at radius 1 is 1.12 bits per heavy atom. The Labute approximate surface area is 194 Å². The summed E-state index contributed by atoms with van der Waals surface area (Å²) in [6.45, 7) is 5.24. The second-order valence-electron chi connectivity index (χ2n) is 9.84. The number of rotatable bonds is 5. The molecule has 1 spiro atoms. The van der Waals surface area contributed by atoms with Crippen molar-refractivity contribution in [3.8, 4) is 5.69 Å². The standard InChI is InChI=1S/C25H33N5O3/c26-23(31)20-5-10-29(11-6-20)24(32)22-16-28(17-25(22)7-13-33-14-8-25)15-19-1-3-21(4-2-19)30-12-9-27-18-30/h1-4,9,12,18,20,22H,5-8,10-11,13-17H2,(H2,26,31)/t22-/m0/s1. The molecule has 8 heteroatoms. The molecule has 2 aromatic rings. The summed E-state index contributed by atoms with van der Waals surface area (Å²) in [6.07, 6.45) is 8.72. The van der Waals surface area contributed by atoms with E-state index in [0.717, 1.165) is 51.4 Å². The fraction of sp³-hybridized carbons (Fsp3) is 0.560. The SMILES string of the molecule is NC(=O)C1CCN(C(=O)[C@@H]2CN(Cc3ccc(-n4ccnc4)cc3)CC23CCOCC3)CC1. The maximum atomic E-state index is 13.7. The van der Waals surface area contributed by atoms with Gasteiger partial charge in [-0.15, -0.1) is 0 Å². The van der Waals surface area contributed by atoms with Crippen molar-refractivity contribution in [2.24, 2.45) is 23.0 Å². The van der Waals surface area contributed by atoms with E-state index in [1.54, 1.807) is 12.5 Å². The predicted octanol–water partition coefficient (Wildman–Crippen LogP) is 1.82. The van der Waals surface area contributed by atoms with Gasteiger partial charge in [0.25, 0.3) is 0 Å². The zero-order valence-corrected chi connectivity index (χ0v) is 19.1. The fourth-order valence-electron chi connectivity index (χ4n) is 5.87. The van der Waals surface area contributed by atoms with Crippen LogP contribution in [-0.4, -0.2) is 70.6 Å². The molecule has 3 saturated heterocycles. The number of primary amides is 1. The van der Waals surface area contributed by atoms with Crippen LogP contribution in [0.1, 0.15) is 31.2 Å². The molecule has 0 bridgehead atoms. The molecule has 0 unspecified atom stereocenters. The third-order valence-corrected chi connectivity index (χ3v) is 7.86. The normalized spacial score (nSPS) is 23.8. The second-order valence-corrected chi connectivity index (χ2v) is 9.84. The summed E-state index contributed by atoms with van der Waals surface area (Å²) < 4.78 is 7.66. The Balaban J connectivity index is 1.28. The first-order chi connectivity index (χ1) is 16.0. The molecule has 1 aromatic heterocycles. The van der Waals surface area contributed by atoms with Gasteiger partial charge in [0, 0.05) is 75.4 Å². The van der Waals surface area contributed by atoms with Crippen LogP contribution in [0.2, 0.25) is 0 Å². The van der Waals surface area contributed by atoms with Gasteiger partial charge in [-0.25, -0.2) is 4.98 Å². The van der Waals surface area contributed by atoms with Gasteiger partial charge >= 0.3 is 0 Å². The summed E-state index contributed by atoms with van der Waals surface area (Å²) in [5.41, 5.74) is 7.80. The molecule has 0 saturated carbocycles. The molecule has 0 aliphatic carbocycles. The summed E-state index contributed by atoms with van der Waals surface area (Å²) in [4.78, 5) is 33.7. The third kappa shape index (κ3) is 4.54.